The molecule has 0 unspecified atom stereocenters. The lowest BCUT2D eigenvalue weighted by Gasteiger charge is -2.36. The zero-order valence-corrected chi connectivity index (χ0v) is 15.5. The molecule has 0 radical (unpaired) electrons. The predicted molar refractivity (Wildman–Crippen MR) is 90.8 cm³/mol. The van der Waals surface area contributed by atoms with Crippen LogP contribution in [0.2, 0.25) is 18.1 Å². The van der Waals surface area contributed by atoms with E-state index in [0.717, 1.165) is 24.8 Å². The summed E-state index contributed by atoms with van der Waals surface area (Å²) in [5.74, 6) is 0. The molecule has 0 aliphatic rings. The minimum atomic E-state index is -1.59. The third-order valence-electron chi connectivity index (χ3n) is 4.07. The van der Waals surface area contributed by atoms with Crippen LogP contribution in [0, 0.1) is 0 Å². The fourth-order valence-corrected chi connectivity index (χ4v) is 3.13. The molecule has 0 aromatic heterocycles. The van der Waals surface area contributed by atoms with Gasteiger partial charge < -0.3 is 4.43 Å². The summed E-state index contributed by atoms with van der Waals surface area (Å²) in [4.78, 5) is 0. The largest absolute Gasteiger partial charge is 0.416 e. The fraction of sp³-hybridized carbons (Fsp3) is 0.625. The van der Waals surface area contributed by atoms with Crippen molar-refractivity contribution < 1.29 is 4.43 Å². The van der Waals surface area contributed by atoms with Crippen molar-refractivity contribution in [3.63, 3.8) is 0 Å². The normalized spacial score (nSPS) is 12.7. The maximum absolute atomic E-state index is 6.21. The average Bonchev–Trinajstić information content (AvgIpc) is 2.30. The Morgan fingerprint density at radius 3 is 1.89 bits per heavy atom. The Kier molecular flexibility index (Phi) is 6.28. The van der Waals surface area contributed by atoms with E-state index in [0.29, 0.717) is 5.04 Å². The summed E-state index contributed by atoms with van der Waals surface area (Å²) in [5.41, 5.74) is 2.77. The van der Waals surface area contributed by atoms with Gasteiger partial charge in [0.25, 0.3) is 0 Å². The van der Waals surface area contributed by atoms with Gasteiger partial charge in [-0.3, -0.25) is 0 Å². The summed E-state index contributed by atoms with van der Waals surface area (Å²) in [7, 11) is -1.59. The summed E-state index contributed by atoms with van der Waals surface area (Å²) >= 11 is 3.47. The van der Waals surface area contributed by atoms with Crippen LogP contribution in [-0.4, -0.2) is 20.3 Å². The van der Waals surface area contributed by atoms with Crippen LogP contribution in [0.15, 0.2) is 24.3 Å². The van der Waals surface area contributed by atoms with Gasteiger partial charge in [0.2, 0.25) is 0 Å². The van der Waals surface area contributed by atoms with Gasteiger partial charge in [-0.05, 0) is 42.1 Å². The predicted octanol–water partition coefficient (Wildman–Crippen LogP) is 5.19. The van der Waals surface area contributed by atoms with Crippen molar-refractivity contribution in [3.05, 3.63) is 35.4 Å². The molecule has 0 fully saturated rings. The van der Waals surface area contributed by atoms with Crippen LogP contribution in [0.5, 0.6) is 0 Å². The molecule has 0 atom stereocenters. The molecule has 0 bridgehead atoms. The summed E-state index contributed by atoms with van der Waals surface area (Å²) in [5, 5.41) is 1.33. The van der Waals surface area contributed by atoms with Gasteiger partial charge in [0.05, 0.1) is 0 Å². The van der Waals surface area contributed by atoms with Crippen molar-refractivity contribution in [1.82, 2.24) is 0 Å². The van der Waals surface area contributed by atoms with Crippen LogP contribution in [0.3, 0.4) is 0 Å². The van der Waals surface area contributed by atoms with Gasteiger partial charge in [-0.2, -0.15) is 0 Å². The Balaban J connectivity index is 2.45. The van der Waals surface area contributed by atoms with Crippen molar-refractivity contribution in [2.24, 2.45) is 0 Å². The molecule has 0 amide bonds. The molecule has 1 rings (SSSR count). The molecule has 0 N–H and O–H groups in total. The average molecular weight is 343 g/mol. The highest BCUT2D eigenvalue weighted by atomic mass is 79.9. The van der Waals surface area contributed by atoms with Crippen molar-refractivity contribution in [2.75, 3.05) is 11.9 Å². The maximum Gasteiger partial charge on any atom is 0.191 e. The molecule has 1 nitrogen and oxygen atoms in total. The van der Waals surface area contributed by atoms with Crippen LogP contribution < -0.4 is 0 Å². The molecule has 19 heavy (non-hydrogen) atoms. The van der Waals surface area contributed by atoms with E-state index in [-0.39, 0.29) is 0 Å². The zero-order valence-electron chi connectivity index (χ0n) is 12.9. The zero-order chi connectivity index (χ0) is 14.5. The van der Waals surface area contributed by atoms with E-state index < -0.39 is 8.32 Å². The molecule has 0 heterocycles. The van der Waals surface area contributed by atoms with Gasteiger partial charge in [-0.1, -0.05) is 61.0 Å². The van der Waals surface area contributed by atoms with Crippen molar-refractivity contribution in [2.45, 2.75) is 51.7 Å². The highest BCUT2D eigenvalue weighted by Gasteiger charge is 2.36. The molecule has 0 spiro atoms. The molecule has 0 aliphatic heterocycles. The molecule has 0 aliphatic carbocycles. The van der Waals surface area contributed by atoms with Crippen LogP contribution in [0.1, 0.15) is 31.9 Å². The van der Waals surface area contributed by atoms with Crippen LogP contribution in [-0.2, 0) is 17.3 Å². The number of hydrogen-bond donors (Lipinski definition) is 0. The third kappa shape index (κ3) is 5.40. The Bertz CT molecular complexity index is 379. The third-order valence-corrected chi connectivity index (χ3v) is 9.00. The van der Waals surface area contributed by atoms with E-state index in [2.05, 4.69) is 74.1 Å². The van der Waals surface area contributed by atoms with E-state index in [1.54, 1.807) is 0 Å². The van der Waals surface area contributed by atoms with Crippen molar-refractivity contribution in [1.29, 1.82) is 0 Å². The lowest BCUT2D eigenvalue weighted by Crippen LogP contribution is -2.41. The van der Waals surface area contributed by atoms with Gasteiger partial charge in [0, 0.05) is 11.9 Å². The Hall–Kier alpha value is -0.123. The SMILES string of the molecule is CC(C)(C)[Si](C)(C)OCCc1ccc(CCBr)cc1. The highest BCUT2D eigenvalue weighted by molar-refractivity contribution is 9.09. The van der Waals surface area contributed by atoms with Gasteiger partial charge in [0.1, 0.15) is 0 Å². The summed E-state index contributed by atoms with van der Waals surface area (Å²) < 4.78 is 6.21. The maximum atomic E-state index is 6.21. The second-order valence-corrected chi connectivity index (χ2v) is 12.2. The summed E-state index contributed by atoms with van der Waals surface area (Å²) in [6.07, 6.45) is 2.11. The quantitative estimate of drug-likeness (QED) is 0.510. The first kappa shape index (κ1) is 16.9. The number of alkyl halides is 1. The summed E-state index contributed by atoms with van der Waals surface area (Å²) in [6, 6.07) is 8.91. The first-order valence-electron chi connectivity index (χ1n) is 7.04. The molecule has 108 valence electrons. The van der Waals surface area contributed by atoms with E-state index >= 15 is 0 Å². The second-order valence-electron chi connectivity index (χ2n) is 6.61. The van der Waals surface area contributed by atoms with Crippen LogP contribution >= 0.6 is 15.9 Å². The molecule has 0 saturated heterocycles. The Morgan fingerprint density at radius 2 is 1.47 bits per heavy atom. The van der Waals surface area contributed by atoms with Gasteiger partial charge >= 0.3 is 0 Å². The lowest BCUT2D eigenvalue weighted by atomic mass is 10.1. The van der Waals surface area contributed by atoms with Gasteiger partial charge in [-0.25, -0.2) is 0 Å². The second kappa shape index (κ2) is 7.05. The molecule has 1 aromatic carbocycles. The van der Waals surface area contributed by atoms with Gasteiger partial charge in [0.15, 0.2) is 8.32 Å². The monoisotopic (exact) mass is 342 g/mol. The lowest BCUT2D eigenvalue weighted by molar-refractivity contribution is 0.292. The topological polar surface area (TPSA) is 9.23 Å². The Morgan fingerprint density at radius 1 is 1.00 bits per heavy atom. The number of benzene rings is 1. The van der Waals surface area contributed by atoms with E-state index in [4.69, 9.17) is 4.43 Å². The standard InChI is InChI=1S/C16H27BrOSi/c1-16(2,3)19(4,5)18-13-11-15-8-6-14(7-9-15)10-12-17/h6-9H,10-13H2,1-5H3. The van der Waals surface area contributed by atoms with E-state index in [1.165, 1.54) is 11.1 Å². The van der Waals surface area contributed by atoms with E-state index in [1.807, 2.05) is 0 Å². The van der Waals surface area contributed by atoms with Crippen molar-refractivity contribution >= 4 is 24.2 Å². The smallest absolute Gasteiger partial charge is 0.191 e. The summed E-state index contributed by atoms with van der Waals surface area (Å²) in [6.45, 7) is 12.3. The first-order valence-corrected chi connectivity index (χ1v) is 11.1. The molecule has 1 aromatic rings. The van der Waals surface area contributed by atoms with Crippen LogP contribution in [0.25, 0.3) is 0 Å². The number of halogens is 1. The van der Waals surface area contributed by atoms with Crippen molar-refractivity contribution in [3.8, 4) is 0 Å². The number of aryl methyl sites for hydroxylation is 1. The van der Waals surface area contributed by atoms with Crippen LogP contribution in [0.4, 0.5) is 0 Å². The fourth-order valence-electron chi connectivity index (χ4n) is 1.62. The molecule has 3 heteroatoms. The molecular weight excluding hydrogens is 316 g/mol. The Labute approximate surface area is 128 Å². The minimum absolute atomic E-state index is 0.298. The van der Waals surface area contributed by atoms with E-state index in [9.17, 15) is 0 Å². The van der Waals surface area contributed by atoms with Gasteiger partial charge in [-0.15, -0.1) is 0 Å². The number of rotatable bonds is 6. The minimum Gasteiger partial charge on any atom is -0.416 e. The molecule has 0 saturated carbocycles. The number of hydrogen-bond acceptors (Lipinski definition) is 1. The molecular formula is C16H27BrOSi. The first-order chi connectivity index (χ1) is 8.76. The highest BCUT2D eigenvalue weighted by Crippen LogP contribution is 2.36.